The Kier molecular flexibility index (Phi) is 5.13. The summed E-state index contributed by atoms with van der Waals surface area (Å²) in [7, 11) is 0. The highest BCUT2D eigenvalue weighted by Gasteiger charge is 2.13. The molecule has 2 nitrogen and oxygen atoms in total. The van der Waals surface area contributed by atoms with Crippen molar-refractivity contribution in [3.63, 3.8) is 0 Å². The summed E-state index contributed by atoms with van der Waals surface area (Å²) >= 11 is 0. The fourth-order valence-electron chi connectivity index (χ4n) is 1.78. The van der Waals surface area contributed by atoms with E-state index in [0.717, 1.165) is 6.42 Å². The Balaban J connectivity index is 2.52. The zero-order chi connectivity index (χ0) is 12.8. The summed E-state index contributed by atoms with van der Waals surface area (Å²) in [6, 6.07) is 5.60. The average molecular weight is 237 g/mol. The van der Waals surface area contributed by atoms with Crippen molar-refractivity contribution in [2.45, 2.75) is 27.2 Å². The topological polar surface area (TPSA) is 29.1 Å². The van der Waals surface area contributed by atoms with Crippen LogP contribution in [0.5, 0.6) is 0 Å². The molecule has 0 aromatic heterocycles. The first kappa shape index (κ1) is 13.7. The molecule has 0 bridgehead atoms. The van der Waals surface area contributed by atoms with Crippen LogP contribution < -0.4 is 5.32 Å². The zero-order valence-electron chi connectivity index (χ0n) is 10.7. The lowest BCUT2D eigenvalue weighted by Crippen LogP contribution is -2.31. The van der Waals surface area contributed by atoms with Gasteiger partial charge in [0.2, 0.25) is 0 Å². The normalized spacial score (nSPS) is 12.5. The minimum atomic E-state index is -0.324. The summed E-state index contributed by atoms with van der Waals surface area (Å²) < 4.78 is 12.7. The quantitative estimate of drug-likeness (QED) is 0.837. The van der Waals surface area contributed by atoms with Gasteiger partial charge in [-0.1, -0.05) is 27.2 Å². The molecule has 0 saturated heterocycles. The molecular formula is C14H20FNO. The first-order chi connectivity index (χ1) is 8.04. The van der Waals surface area contributed by atoms with E-state index in [1.54, 1.807) is 0 Å². The fraction of sp³-hybridized carbons (Fsp3) is 0.500. The minimum Gasteiger partial charge on any atom is -0.352 e. The predicted octanol–water partition coefficient (Wildman–Crippen LogP) is 3.24. The minimum absolute atomic E-state index is 0.135. The van der Waals surface area contributed by atoms with Crippen LogP contribution in [0.25, 0.3) is 0 Å². The van der Waals surface area contributed by atoms with Crippen LogP contribution in [-0.4, -0.2) is 12.5 Å². The van der Waals surface area contributed by atoms with Crippen molar-refractivity contribution in [1.82, 2.24) is 5.32 Å². The van der Waals surface area contributed by atoms with Crippen molar-refractivity contribution in [2.24, 2.45) is 11.8 Å². The first-order valence-electron chi connectivity index (χ1n) is 6.08. The molecule has 3 heteroatoms. The summed E-state index contributed by atoms with van der Waals surface area (Å²) in [6.07, 6.45) is 1.04. The van der Waals surface area contributed by atoms with Gasteiger partial charge in [-0.15, -0.1) is 0 Å². The van der Waals surface area contributed by atoms with E-state index in [1.807, 2.05) is 0 Å². The van der Waals surface area contributed by atoms with Crippen molar-refractivity contribution in [3.8, 4) is 0 Å². The van der Waals surface area contributed by atoms with Gasteiger partial charge >= 0.3 is 0 Å². The van der Waals surface area contributed by atoms with Gasteiger partial charge in [0.05, 0.1) is 0 Å². The summed E-state index contributed by atoms with van der Waals surface area (Å²) in [5.41, 5.74) is 0.505. The molecule has 17 heavy (non-hydrogen) atoms. The van der Waals surface area contributed by atoms with Crippen LogP contribution in [0.15, 0.2) is 24.3 Å². The Morgan fingerprint density at radius 3 is 2.35 bits per heavy atom. The Morgan fingerprint density at radius 2 is 1.88 bits per heavy atom. The van der Waals surface area contributed by atoms with Crippen molar-refractivity contribution < 1.29 is 9.18 Å². The third kappa shape index (κ3) is 4.17. The molecular weight excluding hydrogens is 217 g/mol. The molecule has 0 radical (unpaired) electrons. The molecule has 1 rings (SSSR count). The van der Waals surface area contributed by atoms with E-state index in [-0.39, 0.29) is 11.7 Å². The summed E-state index contributed by atoms with van der Waals surface area (Å²) in [6.45, 7) is 7.09. The number of hydrogen-bond acceptors (Lipinski definition) is 1. The molecule has 1 unspecified atom stereocenters. The lowest BCUT2D eigenvalue weighted by molar-refractivity contribution is 0.0943. The highest BCUT2D eigenvalue weighted by molar-refractivity contribution is 5.94. The lowest BCUT2D eigenvalue weighted by Gasteiger charge is -2.19. The van der Waals surface area contributed by atoms with E-state index in [1.165, 1.54) is 24.3 Å². The molecule has 0 aliphatic carbocycles. The monoisotopic (exact) mass is 237 g/mol. The third-order valence-electron chi connectivity index (χ3n) is 3.10. The van der Waals surface area contributed by atoms with E-state index in [2.05, 4.69) is 26.1 Å². The molecule has 94 valence electrons. The van der Waals surface area contributed by atoms with Gasteiger partial charge in [-0.25, -0.2) is 4.39 Å². The number of amides is 1. The smallest absolute Gasteiger partial charge is 0.251 e. The van der Waals surface area contributed by atoms with Crippen LogP contribution in [0.4, 0.5) is 4.39 Å². The summed E-state index contributed by atoms with van der Waals surface area (Å²) in [5.74, 6) is 0.576. The average Bonchev–Trinajstić information content (AvgIpc) is 2.30. The largest absolute Gasteiger partial charge is 0.352 e. The van der Waals surface area contributed by atoms with Gasteiger partial charge in [0.1, 0.15) is 5.82 Å². The van der Waals surface area contributed by atoms with E-state index in [4.69, 9.17) is 0 Å². The van der Waals surface area contributed by atoms with E-state index < -0.39 is 0 Å². The second-order valence-electron chi connectivity index (χ2n) is 4.63. The van der Waals surface area contributed by atoms with Gasteiger partial charge in [0, 0.05) is 12.1 Å². The molecule has 0 heterocycles. The van der Waals surface area contributed by atoms with Gasteiger partial charge in [-0.05, 0) is 36.1 Å². The first-order valence-corrected chi connectivity index (χ1v) is 6.08. The van der Waals surface area contributed by atoms with Crippen LogP contribution in [0, 0.1) is 17.7 Å². The Morgan fingerprint density at radius 1 is 1.29 bits per heavy atom. The molecule has 1 aromatic rings. The summed E-state index contributed by atoms with van der Waals surface area (Å²) in [5, 5.41) is 2.89. The van der Waals surface area contributed by atoms with Crippen LogP contribution in [0.2, 0.25) is 0 Å². The van der Waals surface area contributed by atoms with Gasteiger partial charge in [-0.2, -0.15) is 0 Å². The number of carbonyl (C=O) groups is 1. The summed E-state index contributed by atoms with van der Waals surface area (Å²) in [4.78, 5) is 11.8. The molecule has 1 amide bonds. The number of rotatable bonds is 5. The van der Waals surface area contributed by atoms with Crippen LogP contribution in [-0.2, 0) is 0 Å². The second-order valence-corrected chi connectivity index (χ2v) is 4.63. The third-order valence-corrected chi connectivity index (χ3v) is 3.10. The van der Waals surface area contributed by atoms with Gasteiger partial charge in [-0.3, -0.25) is 4.79 Å². The van der Waals surface area contributed by atoms with Crippen molar-refractivity contribution in [1.29, 1.82) is 0 Å². The molecule has 0 spiro atoms. The number of nitrogens with one attached hydrogen (secondary N) is 1. The van der Waals surface area contributed by atoms with Crippen molar-refractivity contribution in [2.75, 3.05) is 6.54 Å². The van der Waals surface area contributed by atoms with E-state index in [9.17, 15) is 9.18 Å². The number of hydrogen-bond donors (Lipinski definition) is 1. The Hall–Kier alpha value is -1.38. The van der Waals surface area contributed by atoms with Gasteiger partial charge in [0.25, 0.3) is 5.91 Å². The molecule has 0 saturated carbocycles. The number of carbonyl (C=O) groups excluding carboxylic acids is 1. The second kappa shape index (κ2) is 6.38. The number of benzene rings is 1. The van der Waals surface area contributed by atoms with Crippen LogP contribution in [0.3, 0.4) is 0 Å². The predicted molar refractivity (Wildman–Crippen MR) is 67.4 cm³/mol. The Labute approximate surface area is 102 Å². The van der Waals surface area contributed by atoms with E-state index in [0.29, 0.717) is 23.9 Å². The highest BCUT2D eigenvalue weighted by Crippen LogP contribution is 2.13. The lowest BCUT2D eigenvalue weighted by atomic mass is 9.93. The molecule has 1 atom stereocenters. The maximum Gasteiger partial charge on any atom is 0.251 e. The molecule has 1 N–H and O–H groups in total. The van der Waals surface area contributed by atoms with Crippen molar-refractivity contribution in [3.05, 3.63) is 35.6 Å². The molecule has 0 fully saturated rings. The maximum absolute atomic E-state index is 12.7. The fourth-order valence-corrected chi connectivity index (χ4v) is 1.78. The Bertz CT molecular complexity index is 359. The number of halogens is 1. The highest BCUT2D eigenvalue weighted by atomic mass is 19.1. The maximum atomic E-state index is 12.7. The van der Waals surface area contributed by atoms with Gasteiger partial charge < -0.3 is 5.32 Å². The molecule has 0 aliphatic heterocycles. The zero-order valence-corrected chi connectivity index (χ0v) is 10.7. The molecule has 1 aromatic carbocycles. The van der Waals surface area contributed by atoms with Gasteiger partial charge in [0.15, 0.2) is 0 Å². The van der Waals surface area contributed by atoms with Crippen LogP contribution >= 0.6 is 0 Å². The molecule has 0 aliphatic rings. The van der Waals surface area contributed by atoms with Crippen molar-refractivity contribution >= 4 is 5.91 Å². The van der Waals surface area contributed by atoms with E-state index >= 15 is 0 Å². The standard InChI is InChI=1S/C14H20FNO/c1-4-11(10(2)3)9-16-14(17)12-5-7-13(15)8-6-12/h5-8,10-11H,4,9H2,1-3H3,(H,16,17). The SMILES string of the molecule is CCC(CNC(=O)c1ccc(F)cc1)C(C)C. The van der Waals surface area contributed by atoms with Crippen LogP contribution in [0.1, 0.15) is 37.6 Å².